The summed E-state index contributed by atoms with van der Waals surface area (Å²) in [5, 5.41) is 10.0. The fourth-order valence-corrected chi connectivity index (χ4v) is 2.37. The van der Waals surface area contributed by atoms with Gasteiger partial charge in [-0.2, -0.15) is 0 Å². The molecular weight excluding hydrogens is 211 g/mol. The zero-order valence-electron chi connectivity index (χ0n) is 9.16. The Labute approximate surface area is 94.7 Å². The minimum absolute atomic E-state index is 0.222. The maximum atomic E-state index is 12.6. The van der Waals surface area contributed by atoms with Gasteiger partial charge in [0.05, 0.1) is 5.60 Å². The van der Waals surface area contributed by atoms with E-state index in [-0.39, 0.29) is 5.82 Å². The van der Waals surface area contributed by atoms with Crippen LogP contribution in [-0.4, -0.2) is 16.5 Å². The SMILES string of the molecule is CCC(O)(CC)CSc1ccc(F)cc1. The van der Waals surface area contributed by atoms with Crippen molar-refractivity contribution in [3.05, 3.63) is 30.1 Å². The fraction of sp³-hybridized carbons (Fsp3) is 0.500. The Balaban J connectivity index is 2.53. The molecule has 1 aromatic rings. The van der Waals surface area contributed by atoms with Crippen molar-refractivity contribution in [3.63, 3.8) is 0 Å². The summed E-state index contributed by atoms with van der Waals surface area (Å²) in [4.78, 5) is 0.997. The summed E-state index contributed by atoms with van der Waals surface area (Å²) in [5.74, 6) is 0.437. The molecule has 0 saturated heterocycles. The van der Waals surface area contributed by atoms with E-state index in [0.29, 0.717) is 5.75 Å². The molecule has 0 amide bonds. The quantitative estimate of drug-likeness (QED) is 0.779. The summed E-state index contributed by atoms with van der Waals surface area (Å²) >= 11 is 1.57. The van der Waals surface area contributed by atoms with E-state index >= 15 is 0 Å². The van der Waals surface area contributed by atoms with E-state index < -0.39 is 5.60 Å². The van der Waals surface area contributed by atoms with E-state index in [4.69, 9.17) is 0 Å². The Kier molecular flexibility index (Phi) is 4.61. The number of benzene rings is 1. The first-order chi connectivity index (χ1) is 7.09. The topological polar surface area (TPSA) is 20.2 Å². The summed E-state index contributed by atoms with van der Waals surface area (Å²) in [5.41, 5.74) is -0.598. The maximum Gasteiger partial charge on any atom is 0.123 e. The van der Waals surface area contributed by atoms with E-state index in [9.17, 15) is 9.50 Å². The number of halogens is 1. The van der Waals surface area contributed by atoms with Gasteiger partial charge in [-0.3, -0.25) is 0 Å². The molecule has 15 heavy (non-hydrogen) atoms. The highest BCUT2D eigenvalue weighted by Crippen LogP contribution is 2.26. The van der Waals surface area contributed by atoms with Gasteiger partial charge in [-0.25, -0.2) is 4.39 Å². The van der Waals surface area contributed by atoms with Crippen LogP contribution in [0.1, 0.15) is 26.7 Å². The second-order valence-electron chi connectivity index (χ2n) is 3.67. The largest absolute Gasteiger partial charge is 0.389 e. The van der Waals surface area contributed by atoms with Gasteiger partial charge in [0.2, 0.25) is 0 Å². The van der Waals surface area contributed by atoms with Crippen LogP contribution in [0.25, 0.3) is 0 Å². The Morgan fingerprint density at radius 3 is 2.20 bits per heavy atom. The summed E-state index contributed by atoms with van der Waals surface area (Å²) in [6.07, 6.45) is 1.50. The van der Waals surface area contributed by atoms with Crippen LogP contribution in [0.2, 0.25) is 0 Å². The van der Waals surface area contributed by atoms with Crippen LogP contribution in [0.3, 0.4) is 0 Å². The molecule has 0 aliphatic carbocycles. The average molecular weight is 228 g/mol. The molecule has 3 heteroatoms. The lowest BCUT2D eigenvalue weighted by molar-refractivity contribution is 0.0572. The Bertz CT molecular complexity index is 293. The molecule has 0 aliphatic rings. The third kappa shape index (κ3) is 3.84. The first-order valence-electron chi connectivity index (χ1n) is 5.20. The molecule has 0 unspecified atom stereocenters. The second kappa shape index (κ2) is 5.52. The van der Waals surface area contributed by atoms with Gasteiger partial charge in [-0.05, 0) is 37.1 Å². The molecule has 0 spiro atoms. The standard InChI is InChI=1S/C12H17FOS/c1-3-12(14,4-2)9-15-11-7-5-10(13)6-8-11/h5-8,14H,3-4,9H2,1-2H3. The fourth-order valence-electron chi connectivity index (χ4n) is 1.20. The Morgan fingerprint density at radius 1 is 1.20 bits per heavy atom. The molecule has 0 saturated carbocycles. The molecule has 1 N–H and O–H groups in total. The maximum absolute atomic E-state index is 12.6. The second-order valence-corrected chi connectivity index (χ2v) is 4.72. The summed E-state index contributed by atoms with van der Waals surface area (Å²) < 4.78 is 12.6. The molecule has 84 valence electrons. The minimum atomic E-state index is -0.598. The molecule has 0 fully saturated rings. The van der Waals surface area contributed by atoms with Crippen molar-refractivity contribution < 1.29 is 9.50 Å². The van der Waals surface area contributed by atoms with Crippen molar-refractivity contribution in [2.75, 3.05) is 5.75 Å². The van der Waals surface area contributed by atoms with Gasteiger partial charge < -0.3 is 5.11 Å². The van der Waals surface area contributed by atoms with Gasteiger partial charge >= 0.3 is 0 Å². The average Bonchev–Trinajstić information content (AvgIpc) is 2.28. The van der Waals surface area contributed by atoms with Gasteiger partial charge in [0, 0.05) is 10.6 Å². The third-order valence-corrected chi connectivity index (χ3v) is 3.92. The number of hydrogen-bond acceptors (Lipinski definition) is 2. The van der Waals surface area contributed by atoms with E-state index in [0.717, 1.165) is 17.7 Å². The van der Waals surface area contributed by atoms with Crippen molar-refractivity contribution in [1.29, 1.82) is 0 Å². The third-order valence-electron chi connectivity index (χ3n) is 2.64. The summed E-state index contributed by atoms with van der Waals surface area (Å²) in [6.45, 7) is 3.96. The van der Waals surface area contributed by atoms with Gasteiger partial charge in [-0.1, -0.05) is 13.8 Å². The molecule has 1 aromatic carbocycles. The van der Waals surface area contributed by atoms with Crippen molar-refractivity contribution in [2.45, 2.75) is 37.2 Å². The molecular formula is C12H17FOS. The molecule has 0 aliphatic heterocycles. The van der Waals surface area contributed by atoms with Crippen molar-refractivity contribution in [1.82, 2.24) is 0 Å². The lowest BCUT2D eigenvalue weighted by Gasteiger charge is -2.24. The predicted molar refractivity (Wildman–Crippen MR) is 62.7 cm³/mol. The minimum Gasteiger partial charge on any atom is -0.389 e. The van der Waals surface area contributed by atoms with Crippen LogP contribution in [-0.2, 0) is 0 Å². The molecule has 0 aromatic heterocycles. The monoisotopic (exact) mass is 228 g/mol. The Morgan fingerprint density at radius 2 is 1.73 bits per heavy atom. The van der Waals surface area contributed by atoms with Crippen LogP contribution in [0, 0.1) is 5.82 Å². The van der Waals surface area contributed by atoms with Crippen LogP contribution >= 0.6 is 11.8 Å². The molecule has 1 rings (SSSR count). The van der Waals surface area contributed by atoms with E-state index in [1.54, 1.807) is 23.9 Å². The summed E-state index contributed by atoms with van der Waals surface area (Å²) in [7, 11) is 0. The molecule has 0 heterocycles. The number of aliphatic hydroxyl groups is 1. The molecule has 0 bridgehead atoms. The van der Waals surface area contributed by atoms with Crippen LogP contribution in [0.15, 0.2) is 29.2 Å². The smallest absolute Gasteiger partial charge is 0.123 e. The predicted octanol–water partition coefficient (Wildman–Crippen LogP) is 3.47. The molecule has 0 radical (unpaired) electrons. The highest BCUT2D eigenvalue weighted by Gasteiger charge is 2.21. The first-order valence-corrected chi connectivity index (χ1v) is 6.19. The van der Waals surface area contributed by atoms with E-state index in [1.807, 2.05) is 13.8 Å². The zero-order chi connectivity index (χ0) is 11.3. The van der Waals surface area contributed by atoms with Gasteiger partial charge in [0.25, 0.3) is 0 Å². The number of rotatable bonds is 5. The van der Waals surface area contributed by atoms with Crippen molar-refractivity contribution >= 4 is 11.8 Å². The normalized spacial score (nSPS) is 11.7. The van der Waals surface area contributed by atoms with Crippen LogP contribution in [0.5, 0.6) is 0 Å². The van der Waals surface area contributed by atoms with E-state index in [1.165, 1.54) is 12.1 Å². The Hall–Kier alpha value is -0.540. The highest BCUT2D eigenvalue weighted by atomic mass is 32.2. The summed E-state index contributed by atoms with van der Waals surface area (Å²) in [6, 6.07) is 6.37. The van der Waals surface area contributed by atoms with Crippen LogP contribution < -0.4 is 0 Å². The lowest BCUT2D eigenvalue weighted by atomic mass is 10.0. The highest BCUT2D eigenvalue weighted by molar-refractivity contribution is 7.99. The van der Waals surface area contributed by atoms with E-state index in [2.05, 4.69) is 0 Å². The van der Waals surface area contributed by atoms with Gasteiger partial charge in [-0.15, -0.1) is 11.8 Å². The zero-order valence-corrected chi connectivity index (χ0v) is 9.98. The number of thioether (sulfide) groups is 1. The van der Waals surface area contributed by atoms with Gasteiger partial charge in [0.1, 0.15) is 5.82 Å². The molecule has 1 nitrogen and oxygen atoms in total. The van der Waals surface area contributed by atoms with Crippen molar-refractivity contribution in [2.24, 2.45) is 0 Å². The first kappa shape index (κ1) is 12.5. The van der Waals surface area contributed by atoms with Crippen LogP contribution in [0.4, 0.5) is 4.39 Å². The van der Waals surface area contributed by atoms with Crippen molar-refractivity contribution in [3.8, 4) is 0 Å². The number of hydrogen-bond donors (Lipinski definition) is 1. The lowest BCUT2D eigenvalue weighted by Crippen LogP contribution is -2.29. The van der Waals surface area contributed by atoms with Gasteiger partial charge in [0.15, 0.2) is 0 Å². The molecule has 0 atom stereocenters.